The third kappa shape index (κ3) is 4.32. The molecule has 0 spiro atoms. The number of nitrogens with zero attached hydrogens (tertiary/aromatic N) is 1. The number of hydrogen-bond acceptors (Lipinski definition) is 6. The molecule has 0 unspecified atom stereocenters. The lowest BCUT2D eigenvalue weighted by atomic mass is 10.2. The van der Waals surface area contributed by atoms with Crippen molar-refractivity contribution < 1.29 is 22.7 Å². The second kappa shape index (κ2) is 7.00. The molecule has 1 aliphatic heterocycles. The molecule has 2 heterocycles. The van der Waals surface area contributed by atoms with Crippen LogP contribution in [-0.2, 0) is 25.8 Å². The molecule has 1 aromatic heterocycles. The van der Waals surface area contributed by atoms with Gasteiger partial charge in [0, 0.05) is 18.0 Å². The Morgan fingerprint density at radius 3 is 2.65 bits per heavy atom. The van der Waals surface area contributed by atoms with Crippen LogP contribution in [0.4, 0.5) is 0 Å². The minimum atomic E-state index is -3.05. The molecular formula is C15H21NO5S2. The molecular weight excluding hydrogens is 338 g/mol. The lowest BCUT2D eigenvalue weighted by molar-refractivity contribution is -0.134. The number of rotatable bonds is 5. The maximum absolute atomic E-state index is 12.1. The van der Waals surface area contributed by atoms with Crippen LogP contribution in [-0.4, -0.2) is 56.4 Å². The van der Waals surface area contributed by atoms with Crippen molar-refractivity contribution >= 4 is 33.1 Å². The van der Waals surface area contributed by atoms with Crippen LogP contribution < -0.4 is 0 Å². The molecule has 1 atom stereocenters. The van der Waals surface area contributed by atoms with Crippen LogP contribution in [0, 0.1) is 6.92 Å². The van der Waals surface area contributed by atoms with Crippen molar-refractivity contribution in [2.75, 3.05) is 25.2 Å². The second-order valence-corrected chi connectivity index (χ2v) is 9.07. The fourth-order valence-corrected chi connectivity index (χ4v) is 5.34. The van der Waals surface area contributed by atoms with Crippen molar-refractivity contribution in [2.45, 2.75) is 32.7 Å². The highest BCUT2D eigenvalue weighted by atomic mass is 32.2. The van der Waals surface area contributed by atoms with Crippen LogP contribution in [0.25, 0.3) is 0 Å². The molecule has 0 aromatic carbocycles. The van der Waals surface area contributed by atoms with Crippen molar-refractivity contribution in [1.82, 2.24) is 4.90 Å². The van der Waals surface area contributed by atoms with Crippen LogP contribution in [0.5, 0.6) is 0 Å². The first-order valence-corrected chi connectivity index (χ1v) is 10.1. The highest BCUT2D eigenvalue weighted by Gasteiger charge is 2.33. The first kappa shape index (κ1) is 17.9. The number of likely N-dealkylation sites (N-methyl/N-ethyl adjacent to an activating group) is 1. The first-order valence-electron chi connectivity index (χ1n) is 7.46. The van der Waals surface area contributed by atoms with Gasteiger partial charge in [-0.25, -0.2) is 13.2 Å². The fraction of sp³-hybridized carbons (Fsp3) is 0.600. The Balaban J connectivity index is 1.89. The van der Waals surface area contributed by atoms with E-state index in [1.54, 1.807) is 13.1 Å². The van der Waals surface area contributed by atoms with Gasteiger partial charge in [-0.2, -0.15) is 0 Å². The van der Waals surface area contributed by atoms with Gasteiger partial charge in [-0.15, -0.1) is 11.3 Å². The number of ether oxygens (including phenoxy) is 1. The standard InChI is InChI=1S/C15H21NO5S2/c1-4-12-10(2)7-13(22-12)15(18)21-8-14(17)16(3)11-5-6-23(19,20)9-11/h7,11H,4-6,8-9H2,1-3H3/t11-/m0/s1. The van der Waals surface area contributed by atoms with Gasteiger partial charge in [0.15, 0.2) is 16.4 Å². The van der Waals surface area contributed by atoms with E-state index < -0.39 is 15.8 Å². The van der Waals surface area contributed by atoms with Crippen LogP contribution in [0.3, 0.4) is 0 Å². The summed E-state index contributed by atoms with van der Waals surface area (Å²) in [5.74, 6) is -0.820. The summed E-state index contributed by atoms with van der Waals surface area (Å²) in [5, 5.41) is 0. The van der Waals surface area contributed by atoms with Gasteiger partial charge in [0.2, 0.25) is 0 Å². The maximum atomic E-state index is 12.1. The van der Waals surface area contributed by atoms with E-state index in [4.69, 9.17) is 4.74 Å². The molecule has 0 radical (unpaired) electrons. The van der Waals surface area contributed by atoms with E-state index in [0.29, 0.717) is 11.3 Å². The van der Waals surface area contributed by atoms with E-state index in [2.05, 4.69) is 0 Å². The number of carbonyl (C=O) groups is 2. The number of carbonyl (C=O) groups excluding carboxylic acids is 2. The van der Waals surface area contributed by atoms with E-state index in [1.807, 2.05) is 13.8 Å². The number of sulfone groups is 1. The molecule has 1 amide bonds. The number of amides is 1. The SMILES string of the molecule is CCc1sc(C(=O)OCC(=O)N(C)[C@H]2CCS(=O)(=O)C2)cc1C. The Morgan fingerprint density at radius 1 is 1.43 bits per heavy atom. The second-order valence-electron chi connectivity index (χ2n) is 5.71. The van der Waals surface area contributed by atoms with Crippen molar-refractivity contribution in [2.24, 2.45) is 0 Å². The van der Waals surface area contributed by atoms with Crippen molar-refractivity contribution in [3.05, 3.63) is 21.4 Å². The Labute approximate surface area is 140 Å². The van der Waals surface area contributed by atoms with Gasteiger partial charge in [0.05, 0.1) is 11.5 Å². The molecule has 1 fully saturated rings. The Morgan fingerprint density at radius 2 is 2.13 bits per heavy atom. The summed E-state index contributed by atoms with van der Waals surface area (Å²) in [6.07, 6.45) is 1.28. The molecule has 6 nitrogen and oxygen atoms in total. The van der Waals surface area contributed by atoms with Crippen LogP contribution >= 0.6 is 11.3 Å². The zero-order valence-electron chi connectivity index (χ0n) is 13.5. The molecule has 0 bridgehead atoms. The fourth-order valence-electron chi connectivity index (χ4n) is 2.56. The Hall–Kier alpha value is -1.41. The van der Waals surface area contributed by atoms with Gasteiger partial charge in [-0.3, -0.25) is 4.79 Å². The van der Waals surface area contributed by atoms with E-state index in [-0.39, 0.29) is 30.1 Å². The van der Waals surface area contributed by atoms with Gasteiger partial charge < -0.3 is 9.64 Å². The van der Waals surface area contributed by atoms with Gasteiger partial charge in [-0.05, 0) is 31.4 Å². The van der Waals surface area contributed by atoms with Crippen LogP contribution in [0.1, 0.15) is 33.5 Å². The van der Waals surface area contributed by atoms with Crippen LogP contribution in [0.2, 0.25) is 0 Å². The summed E-state index contributed by atoms with van der Waals surface area (Å²) < 4.78 is 28.0. The molecule has 0 saturated carbocycles. The number of esters is 1. The number of thiophene rings is 1. The third-order valence-electron chi connectivity index (χ3n) is 4.02. The highest BCUT2D eigenvalue weighted by Crippen LogP contribution is 2.23. The predicted octanol–water partition coefficient (Wildman–Crippen LogP) is 1.42. The molecule has 8 heteroatoms. The van der Waals surface area contributed by atoms with E-state index in [1.165, 1.54) is 16.2 Å². The molecule has 0 N–H and O–H groups in total. The predicted molar refractivity (Wildman–Crippen MR) is 88.5 cm³/mol. The van der Waals surface area contributed by atoms with E-state index in [0.717, 1.165) is 16.9 Å². The molecule has 1 aliphatic rings. The summed E-state index contributed by atoms with van der Waals surface area (Å²) in [6, 6.07) is 1.44. The highest BCUT2D eigenvalue weighted by molar-refractivity contribution is 7.91. The minimum Gasteiger partial charge on any atom is -0.451 e. The molecule has 1 saturated heterocycles. The summed E-state index contributed by atoms with van der Waals surface area (Å²) in [7, 11) is -1.51. The normalized spacial score (nSPS) is 19.5. The zero-order chi connectivity index (χ0) is 17.2. The number of hydrogen-bond donors (Lipinski definition) is 0. The van der Waals surface area contributed by atoms with Gasteiger partial charge in [-0.1, -0.05) is 6.92 Å². The molecule has 1 aromatic rings. The van der Waals surface area contributed by atoms with E-state index >= 15 is 0 Å². The molecule has 128 valence electrons. The smallest absolute Gasteiger partial charge is 0.348 e. The summed E-state index contributed by atoms with van der Waals surface area (Å²) in [5.41, 5.74) is 1.05. The lowest BCUT2D eigenvalue weighted by Crippen LogP contribution is -2.40. The molecule has 2 rings (SSSR count). The lowest BCUT2D eigenvalue weighted by Gasteiger charge is -2.23. The van der Waals surface area contributed by atoms with Gasteiger partial charge >= 0.3 is 5.97 Å². The Kier molecular flexibility index (Phi) is 5.46. The first-order chi connectivity index (χ1) is 10.7. The molecule has 0 aliphatic carbocycles. The summed E-state index contributed by atoms with van der Waals surface area (Å²) in [4.78, 5) is 27.0. The van der Waals surface area contributed by atoms with Crippen LogP contribution in [0.15, 0.2) is 6.07 Å². The summed E-state index contributed by atoms with van der Waals surface area (Å²) >= 11 is 1.37. The maximum Gasteiger partial charge on any atom is 0.348 e. The third-order valence-corrected chi connectivity index (χ3v) is 7.13. The average Bonchev–Trinajstić information content (AvgIpc) is 3.05. The monoisotopic (exact) mass is 359 g/mol. The van der Waals surface area contributed by atoms with E-state index in [9.17, 15) is 18.0 Å². The van der Waals surface area contributed by atoms with Crippen molar-refractivity contribution in [1.29, 1.82) is 0 Å². The largest absolute Gasteiger partial charge is 0.451 e. The minimum absolute atomic E-state index is 0.0207. The number of aryl methyl sites for hydroxylation is 2. The Bertz CT molecular complexity index is 707. The molecule has 23 heavy (non-hydrogen) atoms. The van der Waals surface area contributed by atoms with Gasteiger partial charge in [0.1, 0.15) is 4.88 Å². The quantitative estimate of drug-likeness (QED) is 0.743. The van der Waals surface area contributed by atoms with Crippen molar-refractivity contribution in [3.63, 3.8) is 0 Å². The topological polar surface area (TPSA) is 80.8 Å². The van der Waals surface area contributed by atoms with Gasteiger partial charge in [0.25, 0.3) is 5.91 Å². The van der Waals surface area contributed by atoms with Crippen molar-refractivity contribution in [3.8, 4) is 0 Å². The summed E-state index contributed by atoms with van der Waals surface area (Å²) in [6.45, 7) is 3.58. The zero-order valence-corrected chi connectivity index (χ0v) is 15.1. The average molecular weight is 359 g/mol.